The van der Waals surface area contributed by atoms with E-state index in [9.17, 15) is 9.59 Å². The van der Waals surface area contributed by atoms with Crippen molar-refractivity contribution in [3.8, 4) is 0 Å². The van der Waals surface area contributed by atoms with Gasteiger partial charge in [-0.05, 0) is 24.8 Å². The Bertz CT molecular complexity index is 691. The van der Waals surface area contributed by atoms with Crippen LogP contribution in [-0.2, 0) is 4.79 Å². The van der Waals surface area contributed by atoms with Gasteiger partial charge >= 0.3 is 0 Å². The van der Waals surface area contributed by atoms with Crippen LogP contribution in [0.4, 0.5) is 0 Å². The highest BCUT2D eigenvalue weighted by Gasteiger charge is 2.28. The van der Waals surface area contributed by atoms with Crippen molar-refractivity contribution in [1.29, 1.82) is 0 Å². The third-order valence-corrected chi connectivity index (χ3v) is 5.09. The summed E-state index contributed by atoms with van der Waals surface area (Å²) in [4.78, 5) is 24.1. The van der Waals surface area contributed by atoms with Crippen LogP contribution in [0.1, 0.15) is 36.0 Å². The second-order valence-corrected chi connectivity index (χ2v) is 6.79. The fourth-order valence-corrected chi connectivity index (χ4v) is 3.53. The van der Waals surface area contributed by atoms with Gasteiger partial charge in [0.25, 0.3) is 0 Å². The molecule has 0 spiro atoms. The number of thiophene rings is 1. The summed E-state index contributed by atoms with van der Waals surface area (Å²) in [6, 6.07) is 7.90. The minimum atomic E-state index is -0.0935. The number of carbonyl (C=O) groups excluding carboxylic acids is 2. The van der Waals surface area contributed by atoms with Crippen LogP contribution in [0, 0.1) is 5.92 Å². The van der Waals surface area contributed by atoms with Gasteiger partial charge < -0.3 is 11.1 Å². The molecule has 5 heteroatoms. The molecular weight excluding hydrogens is 296 g/mol. The highest BCUT2D eigenvalue weighted by atomic mass is 32.1. The zero-order valence-electron chi connectivity index (χ0n) is 12.4. The first-order chi connectivity index (χ1) is 10.6. The smallest absolute Gasteiger partial charge is 0.220 e. The number of nitrogens with one attached hydrogen (secondary N) is 1. The van der Waals surface area contributed by atoms with Gasteiger partial charge in [-0.25, -0.2) is 0 Å². The van der Waals surface area contributed by atoms with Crippen molar-refractivity contribution < 1.29 is 9.59 Å². The Morgan fingerprint density at radius 2 is 2.05 bits per heavy atom. The van der Waals surface area contributed by atoms with Crippen molar-refractivity contribution in [2.45, 2.75) is 31.7 Å². The molecule has 116 valence electrons. The summed E-state index contributed by atoms with van der Waals surface area (Å²) < 4.78 is 1.10. The number of rotatable bonds is 7. The Hall–Kier alpha value is -1.72. The molecule has 4 nitrogen and oxygen atoms in total. The van der Waals surface area contributed by atoms with Crippen LogP contribution in [0.25, 0.3) is 10.1 Å². The predicted octanol–water partition coefficient (Wildman–Crippen LogP) is 2.72. The van der Waals surface area contributed by atoms with Gasteiger partial charge in [0.15, 0.2) is 5.78 Å². The van der Waals surface area contributed by atoms with Crippen molar-refractivity contribution in [3.05, 3.63) is 35.2 Å². The highest BCUT2D eigenvalue weighted by Crippen LogP contribution is 2.31. The second-order valence-electron chi connectivity index (χ2n) is 5.87. The minimum Gasteiger partial charge on any atom is -0.355 e. The van der Waals surface area contributed by atoms with Crippen LogP contribution in [0.3, 0.4) is 0 Å². The Morgan fingerprint density at radius 3 is 2.82 bits per heavy atom. The molecule has 0 saturated heterocycles. The molecule has 1 aromatic carbocycles. The first kappa shape index (κ1) is 15.2. The summed E-state index contributed by atoms with van der Waals surface area (Å²) in [5, 5.41) is 5.69. The molecule has 1 heterocycles. The molecule has 1 aliphatic rings. The van der Waals surface area contributed by atoms with Gasteiger partial charge in [-0.2, -0.15) is 0 Å². The molecule has 2 aromatic rings. The van der Waals surface area contributed by atoms with E-state index in [0.29, 0.717) is 12.5 Å². The average molecular weight is 316 g/mol. The molecule has 1 fully saturated rings. The summed E-state index contributed by atoms with van der Waals surface area (Å²) in [5.41, 5.74) is 6.67. The Kier molecular flexibility index (Phi) is 4.55. The molecule has 22 heavy (non-hydrogen) atoms. The number of benzene rings is 1. The number of fused-ring (bicyclic) bond motifs is 1. The Morgan fingerprint density at radius 1 is 1.27 bits per heavy atom. The van der Waals surface area contributed by atoms with E-state index in [0.717, 1.165) is 15.6 Å². The number of carbonyl (C=O) groups is 2. The summed E-state index contributed by atoms with van der Waals surface area (Å²) >= 11 is 1.56. The van der Waals surface area contributed by atoms with Crippen molar-refractivity contribution in [2.24, 2.45) is 11.7 Å². The molecule has 3 N–H and O–H groups in total. The first-order valence-electron chi connectivity index (χ1n) is 7.67. The number of hydrogen-bond donors (Lipinski definition) is 2. The van der Waals surface area contributed by atoms with E-state index in [2.05, 4.69) is 5.32 Å². The lowest BCUT2D eigenvalue weighted by Gasteiger charge is -2.11. The zero-order chi connectivity index (χ0) is 15.5. The van der Waals surface area contributed by atoms with Gasteiger partial charge in [-0.15, -0.1) is 11.3 Å². The molecule has 0 bridgehead atoms. The number of nitrogens with two attached hydrogens (primary N) is 1. The monoisotopic (exact) mass is 316 g/mol. The number of hydrogen-bond acceptors (Lipinski definition) is 4. The first-order valence-corrected chi connectivity index (χ1v) is 8.55. The van der Waals surface area contributed by atoms with E-state index in [-0.39, 0.29) is 30.6 Å². The van der Waals surface area contributed by atoms with Crippen molar-refractivity contribution >= 4 is 33.1 Å². The maximum Gasteiger partial charge on any atom is 0.220 e. The lowest BCUT2D eigenvalue weighted by Crippen LogP contribution is -2.38. The maximum atomic E-state index is 12.3. The Balaban J connectivity index is 1.50. The van der Waals surface area contributed by atoms with Gasteiger partial charge in [0, 0.05) is 46.5 Å². The van der Waals surface area contributed by atoms with E-state index in [1.807, 2.05) is 29.6 Å². The average Bonchev–Trinajstić information content (AvgIpc) is 3.29. The SMILES string of the molecule is NC(CNC(=O)CCC(=O)c1csc2ccccc12)C1CC1. The van der Waals surface area contributed by atoms with E-state index < -0.39 is 0 Å². The lowest BCUT2D eigenvalue weighted by atomic mass is 10.1. The Labute approximate surface area is 133 Å². The molecule has 3 rings (SSSR count). The van der Waals surface area contributed by atoms with Gasteiger partial charge in [0.2, 0.25) is 5.91 Å². The maximum absolute atomic E-state index is 12.3. The third kappa shape index (κ3) is 3.54. The largest absolute Gasteiger partial charge is 0.355 e. The second kappa shape index (κ2) is 6.58. The highest BCUT2D eigenvalue weighted by molar-refractivity contribution is 7.17. The van der Waals surface area contributed by atoms with E-state index in [4.69, 9.17) is 5.73 Å². The van der Waals surface area contributed by atoms with Crippen LogP contribution in [0.2, 0.25) is 0 Å². The van der Waals surface area contributed by atoms with Gasteiger partial charge in [-0.3, -0.25) is 9.59 Å². The lowest BCUT2D eigenvalue weighted by molar-refractivity contribution is -0.121. The van der Waals surface area contributed by atoms with Crippen LogP contribution < -0.4 is 11.1 Å². The van der Waals surface area contributed by atoms with Crippen molar-refractivity contribution in [1.82, 2.24) is 5.32 Å². The number of Topliss-reactive ketones (excluding diaryl/α,β-unsaturated/α-hetero) is 1. The fourth-order valence-electron chi connectivity index (χ4n) is 2.57. The van der Waals surface area contributed by atoms with Gasteiger partial charge in [-0.1, -0.05) is 18.2 Å². The third-order valence-electron chi connectivity index (χ3n) is 4.12. The van der Waals surface area contributed by atoms with Crippen LogP contribution in [-0.4, -0.2) is 24.3 Å². The summed E-state index contributed by atoms with van der Waals surface area (Å²) in [7, 11) is 0. The molecule has 1 atom stereocenters. The normalized spacial score (nSPS) is 15.7. The molecular formula is C17H20N2O2S. The van der Waals surface area contributed by atoms with Gasteiger partial charge in [0.05, 0.1) is 0 Å². The van der Waals surface area contributed by atoms with Crippen molar-refractivity contribution in [2.75, 3.05) is 6.54 Å². The molecule has 1 amide bonds. The molecule has 1 saturated carbocycles. The van der Waals surface area contributed by atoms with Gasteiger partial charge in [0.1, 0.15) is 0 Å². The molecule has 1 aliphatic carbocycles. The molecule has 1 unspecified atom stereocenters. The summed E-state index contributed by atoms with van der Waals surface area (Å²) in [6.45, 7) is 0.513. The molecule has 1 aromatic heterocycles. The quantitative estimate of drug-likeness (QED) is 0.772. The number of ketones is 1. The predicted molar refractivity (Wildman–Crippen MR) is 89.1 cm³/mol. The molecule has 0 radical (unpaired) electrons. The minimum absolute atomic E-state index is 0.0269. The number of amides is 1. The topological polar surface area (TPSA) is 72.2 Å². The van der Waals surface area contributed by atoms with Crippen LogP contribution in [0.15, 0.2) is 29.6 Å². The van der Waals surface area contributed by atoms with Crippen LogP contribution in [0.5, 0.6) is 0 Å². The summed E-state index contributed by atoms with van der Waals surface area (Å²) in [5.74, 6) is 0.502. The fraction of sp³-hybridized carbons (Fsp3) is 0.412. The summed E-state index contributed by atoms with van der Waals surface area (Å²) in [6.07, 6.45) is 2.80. The van der Waals surface area contributed by atoms with E-state index in [1.165, 1.54) is 12.8 Å². The zero-order valence-corrected chi connectivity index (χ0v) is 13.2. The van der Waals surface area contributed by atoms with E-state index in [1.54, 1.807) is 11.3 Å². The van der Waals surface area contributed by atoms with E-state index >= 15 is 0 Å². The molecule has 0 aliphatic heterocycles. The standard InChI is InChI=1S/C17H20N2O2S/c18-14(11-5-6-11)9-19-17(21)8-7-15(20)13-10-22-16-4-2-1-3-12(13)16/h1-4,10-11,14H,5-9,18H2,(H,19,21). The van der Waals surface area contributed by atoms with Crippen LogP contribution >= 0.6 is 11.3 Å². The van der Waals surface area contributed by atoms with Crippen molar-refractivity contribution in [3.63, 3.8) is 0 Å².